The highest BCUT2D eigenvalue weighted by molar-refractivity contribution is 5.93. The van der Waals surface area contributed by atoms with Gasteiger partial charge in [0.1, 0.15) is 17.2 Å². The van der Waals surface area contributed by atoms with Gasteiger partial charge in [-0.25, -0.2) is 9.37 Å². The zero-order chi connectivity index (χ0) is 19.3. The summed E-state index contributed by atoms with van der Waals surface area (Å²) in [7, 11) is 0. The fraction of sp³-hybridized carbons (Fsp3) is 0.350. The number of rotatable bonds is 6. The number of carbonyl (C=O) groups is 1. The van der Waals surface area contributed by atoms with Gasteiger partial charge in [0.2, 0.25) is 0 Å². The Labute approximate surface area is 162 Å². The molecule has 0 bridgehead atoms. The Hall–Kier alpha value is -2.84. The molecular formula is C20H22FN5O2. The van der Waals surface area contributed by atoms with Crippen LogP contribution in [0.4, 0.5) is 4.39 Å². The highest BCUT2D eigenvalue weighted by Gasteiger charge is 2.15. The van der Waals surface area contributed by atoms with Crippen LogP contribution in [0.2, 0.25) is 0 Å². The highest BCUT2D eigenvalue weighted by atomic mass is 19.1. The molecule has 2 aromatic heterocycles. The smallest absolute Gasteiger partial charge is 0.271 e. The van der Waals surface area contributed by atoms with Gasteiger partial charge in [-0.15, -0.1) is 0 Å². The van der Waals surface area contributed by atoms with Crippen LogP contribution in [0.5, 0.6) is 0 Å². The maximum absolute atomic E-state index is 13.2. The van der Waals surface area contributed by atoms with Crippen LogP contribution in [0.3, 0.4) is 0 Å². The molecule has 1 aromatic carbocycles. The molecule has 0 spiro atoms. The zero-order valence-electron chi connectivity index (χ0n) is 15.5. The lowest BCUT2D eigenvalue weighted by Gasteiger charge is -2.26. The highest BCUT2D eigenvalue weighted by Crippen LogP contribution is 2.22. The molecule has 1 aliphatic rings. The minimum atomic E-state index is -0.309. The van der Waals surface area contributed by atoms with E-state index in [4.69, 9.17) is 4.74 Å². The van der Waals surface area contributed by atoms with Crippen molar-refractivity contribution in [2.45, 2.75) is 6.42 Å². The summed E-state index contributed by atoms with van der Waals surface area (Å²) in [6.07, 6.45) is 5.94. The van der Waals surface area contributed by atoms with Crippen LogP contribution in [0, 0.1) is 5.82 Å². The lowest BCUT2D eigenvalue weighted by atomic mass is 10.1. The minimum Gasteiger partial charge on any atom is -0.379 e. The first-order chi connectivity index (χ1) is 13.7. The van der Waals surface area contributed by atoms with E-state index in [1.807, 2.05) is 0 Å². The van der Waals surface area contributed by atoms with E-state index in [1.165, 1.54) is 12.1 Å². The largest absolute Gasteiger partial charge is 0.379 e. The fourth-order valence-corrected chi connectivity index (χ4v) is 3.26. The second-order valence-electron chi connectivity index (χ2n) is 6.70. The van der Waals surface area contributed by atoms with E-state index in [1.54, 1.807) is 35.1 Å². The summed E-state index contributed by atoms with van der Waals surface area (Å²) >= 11 is 0. The van der Waals surface area contributed by atoms with Crippen LogP contribution in [0.25, 0.3) is 16.9 Å². The minimum absolute atomic E-state index is 0.212. The number of hydrogen-bond acceptors (Lipinski definition) is 5. The SMILES string of the molecule is O=C(NCCCN1CCOCC1)c1cn2ccnc(-c3ccc(F)cc3)c2n1. The molecule has 0 aliphatic carbocycles. The molecule has 7 nitrogen and oxygen atoms in total. The second kappa shape index (κ2) is 8.45. The number of halogens is 1. The summed E-state index contributed by atoms with van der Waals surface area (Å²) in [4.78, 5) is 23.6. The van der Waals surface area contributed by atoms with Crippen molar-refractivity contribution in [1.29, 1.82) is 0 Å². The number of ether oxygens (including phenoxy) is 1. The summed E-state index contributed by atoms with van der Waals surface area (Å²) in [6, 6.07) is 6.06. The molecule has 1 fully saturated rings. The van der Waals surface area contributed by atoms with Crippen molar-refractivity contribution in [3.8, 4) is 11.3 Å². The summed E-state index contributed by atoms with van der Waals surface area (Å²) in [5, 5.41) is 2.92. The van der Waals surface area contributed by atoms with E-state index in [-0.39, 0.29) is 11.7 Å². The molecule has 1 N–H and O–H groups in total. The molecule has 1 amide bonds. The van der Waals surface area contributed by atoms with Crippen molar-refractivity contribution >= 4 is 11.6 Å². The number of hydrogen-bond donors (Lipinski definition) is 1. The third kappa shape index (κ3) is 4.18. The molecule has 0 atom stereocenters. The normalized spacial score (nSPS) is 15.0. The second-order valence-corrected chi connectivity index (χ2v) is 6.70. The Balaban J connectivity index is 1.41. The average molecular weight is 383 g/mol. The zero-order valence-corrected chi connectivity index (χ0v) is 15.5. The fourth-order valence-electron chi connectivity index (χ4n) is 3.26. The molecule has 3 heterocycles. The Bertz CT molecular complexity index is 951. The predicted molar refractivity (Wildman–Crippen MR) is 103 cm³/mol. The number of benzene rings is 1. The van der Waals surface area contributed by atoms with E-state index >= 15 is 0 Å². The number of amides is 1. The molecule has 8 heteroatoms. The van der Waals surface area contributed by atoms with Gasteiger partial charge in [-0.3, -0.25) is 14.7 Å². The van der Waals surface area contributed by atoms with Crippen molar-refractivity contribution in [3.63, 3.8) is 0 Å². The third-order valence-corrected chi connectivity index (χ3v) is 4.77. The number of morpholine rings is 1. The first kappa shape index (κ1) is 18.5. The molecule has 0 unspecified atom stereocenters. The van der Waals surface area contributed by atoms with Gasteiger partial charge in [-0.2, -0.15) is 0 Å². The molecule has 1 aliphatic heterocycles. The van der Waals surface area contributed by atoms with Crippen molar-refractivity contribution < 1.29 is 13.9 Å². The van der Waals surface area contributed by atoms with Crippen LogP contribution in [0.15, 0.2) is 42.9 Å². The van der Waals surface area contributed by atoms with Crippen LogP contribution in [-0.4, -0.2) is 64.6 Å². The molecule has 4 rings (SSSR count). The molecule has 0 saturated carbocycles. The maximum Gasteiger partial charge on any atom is 0.271 e. The third-order valence-electron chi connectivity index (χ3n) is 4.77. The number of nitrogens with one attached hydrogen (secondary N) is 1. The Morgan fingerprint density at radius 2 is 2.00 bits per heavy atom. The van der Waals surface area contributed by atoms with E-state index in [2.05, 4.69) is 20.2 Å². The Morgan fingerprint density at radius 1 is 1.21 bits per heavy atom. The maximum atomic E-state index is 13.2. The van der Waals surface area contributed by atoms with Crippen LogP contribution >= 0.6 is 0 Å². The lowest BCUT2D eigenvalue weighted by Crippen LogP contribution is -2.38. The van der Waals surface area contributed by atoms with Crippen molar-refractivity contribution in [2.24, 2.45) is 0 Å². The average Bonchev–Trinajstić information content (AvgIpc) is 3.17. The van der Waals surface area contributed by atoms with Gasteiger partial charge in [0.25, 0.3) is 5.91 Å². The van der Waals surface area contributed by atoms with Crippen molar-refractivity contribution in [1.82, 2.24) is 24.6 Å². The van der Waals surface area contributed by atoms with E-state index in [0.717, 1.165) is 44.8 Å². The number of aromatic nitrogens is 3. The van der Waals surface area contributed by atoms with Crippen molar-refractivity contribution in [2.75, 3.05) is 39.4 Å². The standard InChI is InChI=1S/C20H22FN5O2/c21-16-4-2-15(3-5-16)18-19-24-17(14-26(19)9-7-22-18)20(27)23-6-1-8-25-10-12-28-13-11-25/h2-5,7,9,14H,1,6,8,10-13H2,(H,23,27). The van der Waals surface area contributed by atoms with Gasteiger partial charge in [0, 0.05) is 43.8 Å². The van der Waals surface area contributed by atoms with Gasteiger partial charge in [0.05, 0.1) is 13.2 Å². The van der Waals surface area contributed by atoms with Crippen LogP contribution in [0.1, 0.15) is 16.9 Å². The molecule has 3 aromatic rings. The van der Waals surface area contributed by atoms with Gasteiger partial charge in [-0.1, -0.05) is 0 Å². The van der Waals surface area contributed by atoms with Gasteiger partial charge in [-0.05, 0) is 37.2 Å². The number of imidazole rings is 1. The summed E-state index contributed by atoms with van der Waals surface area (Å²) in [5.74, 6) is -0.521. The van der Waals surface area contributed by atoms with Gasteiger partial charge < -0.3 is 14.5 Å². The number of carbonyl (C=O) groups excluding carboxylic acids is 1. The number of nitrogens with zero attached hydrogens (tertiary/aromatic N) is 4. The molecule has 0 radical (unpaired) electrons. The van der Waals surface area contributed by atoms with Crippen LogP contribution < -0.4 is 5.32 Å². The van der Waals surface area contributed by atoms with E-state index in [0.29, 0.717) is 23.6 Å². The van der Waals surface area contributed by atoms with Gasteiger partial charge >= 0.3 is 0 Å². The monoisotopic (exact) mass is 383 g/mol. The number of fused-ring (bicyclic) bond motifs is 1. The first-order valence-corrected chi connectivity index (χ1v) is 9.39. The molecular weight excluding hydrogens is 361 g/mol. The lowest BCUT2D eigenvalue weighted by molar-refractivity contribution is 0.0374. The molecule has 1 saturated heterocycles. The van der Waals surface area contributed by atoms with E-state index < -0.39 is 0 Å². The van der Waals surface area contributed by atoms with Crippen LogP contribution in [-0.2, 0) is 4.74 Å². The Kier molecular flexibility index (Phi) is 5.59. The quantitative estimate of drug-likeness (QED) is 0.659. The summed E-state index contributed by atoms with van der Waals surface area (Å²) in [5.41, 5.74) is 2.25. The molecule has 28 heavy (non-hydrogen) atoms. The predicted octanol–water partition coefficient (Wildman–Crippen LogP) is 1.99. The first-order valence-electron chi connectivity index (χ1n) is 9.39. The summed E-state index contributed by atoms with van der Waals surface area (Å²) < 4.78 is 20.3. The van der Waals surface area contributed by atoms with Gasteiger partial charge in [0.15, 0.2) is 5.65 Å². The topological polar surface area (TPSA) is 71.8 Å². The molecule has 146 valence electrons. The van der Waals surface area contributed by atoms with Crippen molar-refractivity contribution in [3.05, 3.63) is 54.4 Å². The van der Waals surface area contributed by atoms with E-state index in [9.17, 15) is 9.18 Å². The summed E-state index contributed by atoms with van der Waals surface area (Å²) in [6.45, 7) is 4.97. The Morgan fingerprint density at radius 3 is 2.79 bits per heavy atom.